The van der Waals surface area contributed by atoms with Crippen LogP contribution in [0.3, 0.4) is 0 Å². The minimum absolute atomic E-state index is 0.785. The standard InChI is InChI=1S/C33H22N2/c34-31-12-6-5-7-24(31)21-14-17-32-22(19-21)15-18-33(35-32)23-13-16-29-27-10-2-1-8-25(27)26-9-3-4-11-28(26)30(29)20-23/h1-20H,34H2. The minimum atomic E-state index is 0.785. The number of hydrogen-bond donors (Lipinski definition) is 1. The number of hydrogen-bond acceptors (Lipinski definition) is 2. The first kappa shape index (κ1) is 19.7. The fourth-order valence-corrected chi connectivity index (χ4v) is 5.28. The van der Waals surface area contributed by atoms with Crippen LogP contribution in [0.2, 0.25) is 0 Å². The lowest BCUT2D eigenvalue weighted by molar-refractivity contribution is 1.40. The molecule has 0 aliphatic rings. The first-order chi connectivity index (χ1) is 17.3. The molecule has 2 nitrogen and oxygen atoms in total. The summed E-state index contributed by atoms with van der Waals surface area (Å²) in [5.41, 5.74) is 12.2. The van der Waals surface area contributed by atoms with E-state index in [1.165, 1.54) is 32.3 Å². The van der Waals surface area contributed by atoms with Gasteiger partial charge in [0.1, 0.15) is 0 Å². The second kappa shape index (κ2) is 7.68. The molecule has 1 heterocycles. The fourth-order valence-electron chi connectivity index (χ4n) is 5.28. The van der Waals surface area contributed by atoms with Crippen molar-refractivity contribution in [1.82, 2.24) is 4.98 Å². The van der Waals surface area contributed by atoms with Crippen LogP contribution in [0.25, 0.3) is 65.6 Å². The maximum Gasteiger partial charge on any atom is 0.0709 e. The smallest absolute Gasteiger partial charge is 0.0709 e. The average Bonchev–Trinajstić information content (AvgIpc) is 2.93. The highest BCUT2D eigenvalue weighted by atomic mass is 14.7. The molecule has 0 spiro atoms. The molecule has 0 atom stereocenters. The molecule has 1 aromatic heterocycles. The molecule has 0 saturated carbocycles. The van der Waals surface area contributed by atoms with Gasteiger partial charge in [0.15, 0.2) is 0 Å². The van der Waals surface area contributed by atoms with Crippen LogP contribution >= 0.6 is 0 Å². The van der Waals surface area contributed by atoms with Gasteiger partial charge in [-0.25, -0.2) is 4.98 Å². The summed E-state index contributed by atoms with van der Waals surface area (Å²) in [7, 11) is 0. The van der Waals surface area contributed by atoms with Crippen molar-refractivity contribution in [3.63, 3.8) is 0 Å². The van der Waals surface area contributed by atoms with E-state index in [0.29, 0.717) is 0 Å². The zero-order valence-electron chi connectivity index (χ0n) is 19.1. The van der Waals surface area contributed by atoms with Gasteiger partial charge < -0.3 is 5.73 Å². The first-order valence-corrected chi connectivity index (χ1v) is 11.9. The summed E-state index contributed by atoms with van der Waals surface area (Å²) in [6.45, 7) is 0. The summed E-state index contributed by atoms with van der Waals surface area (Å²) < 4.78 is 0. The van der Waals surface area contributed by atoms with Crippen LogP contribution in [0.1, 0.15) is 0 Å². The molecule has 0 aliphatic carbocycles. The van der Waals surface area contributed by atoms with Gasteiger partial charge in [-0.2, -0.15) is 0 Å². The molecular formula is C33H22N2. The number of rotatable bonds is 2. The maximum absolute atomic E-state index is 6.20. The van der Waals surface area contributed by atoms with Gasteiger partial charge in [-0.1, -0.05) is 91.0 Å². The second-order valence-electron chi connectivity index (χ2n) is 9.04. The second-order valence-corrected chi connectivity index (χ2v) is 9.04. The molecule has 0 unspecified atom stereocenters. The Labute approximate surface area is 203 Å². The van der Waals surface area contributed by atoms with Crippen molar-refractivity contribution in [1.29, 1.82) is 0 Å². The van der Waals surface area contributed by atoms with Crippen molar-refractivity contribution in [3.05, 3.63) is 121 Å². The Bertz CT molecular complexity index is 1880. The highest BCUT2D eigenvalue weighted by Crippen LogP contribution is 2.37. The van der Waals surface area contributed by atoms with Crippen molar-refractivity contribution in [2.24, 2.45) is 0 Å². The number of nitrogens with zero attached hydrogens (tertiary/aromatic N) is 1. The lowest BCUT2D eigenvalue weighted by atomic mass is 9.93. The van der Waals surface area contributed by atoms with E-state index in [4.69, 9.17) is 10.7 Å². The summed E-state index contributed by atoms with van der Waals surface area (Å²) in [5.74, 6) is 0. The van der Waals surface area contributed by atoms with E-state index in [9.17, 15) is 0 Å². The molecule has 2 N–H and O–H groups in total. The van der Waals surface area contributed by atoms with Crippen molar-refractivity contribution in [3.8, 4) is 22.4 Å². The van der Waals surface area contributed by atoms with Crippen LogP contribution in [-0.2, 0) is 0 Å². The number of anilines is 1. The SMILES string of the molecule is Nc1ccccc1-c1ccc2nc(-c3ccc4c5ccccc5c5ccccc5c4c3)ccc2c1. The monoisotopic (exact) mass is 446 g/mol. The van der Waals surface area contributed by atoms with Crippen LogP contribution in [0.4, 0.5) is 5.69 Å². The molecule has 2 heteroatoms. The van der Waals surface area contributed by atoms with Gasteiger partial charge in [-0.05, 0) is 68.2 Å². The molecule has 0 bridgehead atoms. The summed E-state index contributed by atoms with van der Waals surface area (Å²) >= 11 is 0. The zero-order chi connectivity index (χ0) is 23.4. The molecule has 0 fully saturated rings. The van der Waals surface area contributed by atoms with Crippen LogP contribution in [-0.4, -0.2) is 4.98 Å². The molecule has 7 rings (SSSR count). The Balaban J connectivity index is 1.40. The number of aromatic nitrogens is 1. The Morgan fingerprint density at radius 1 is 0.457 bits per heavy atom. The van der Waals surface area contributed by atoms with Crippen molar-refractivity contribution >= 4 is 48.9 Å². The summed E-state index contributed by atoms with van der Waals surface area (Å²) in [6.07, 6.45) is 0. The van der Waals surface area contributed by atoms with E-state index in [0.717, 1.165) is 39.0 Å². The van der Waals surface area contributed by atoms with Gasteiger partial charge in [0.2, 0.25) is 0 Å². The molecule has 0 aliphatic heterocycles. The summed E-state index contributed by atoms with van der Waals surface area (Å²) in [5, 5.41) is 8.77. The van der Waals surface area contributed by atoms with Crippen molar-refractivity contribution in [2.45, 2.75) is 0 Å². The Hall–Kier alpha value is -4.69. The molecule has 35 heavy (non-hydrogen) atoms. The average molecular weight is 447 g/mol. The third-order valence-corrected chi connectivity index (χ3v) is 7.00. The van der Waals surface area contributed by atoms with E-state index < -0.39 is 0 Å². The molecule has 0 amide bonds. The number of nitrogen functional groups attached to an aromatic ring is 1. The van der Waals surface area contributed by atoms with Crippen molar-refractivity contribution in [2.75, 3.05) is 5.73 Å². The number of fused-ring (bicyclic) bond motifs is 7. The van der Waals surface area contributed by atoms with E-state index in [-0.39, 0.29) is 0 Å². The molecule has 0 saturated heterocycles. The lowest BCUT2D eigenvalue weighted by Gasteiger charge is -2.12. The third kappa shape index (κ3) is 3.15. The number of para-hydroxylation sites is 1. The van der Waals surface area contributed by atoms with Gasteiger partial charge in [-0.3, -0.25) is 0 Å². The van der Waals surface area contributed by atoms with Gasteiger partial charge in [0.25, 0.3) is 0 Å². The molecule has 0 radical (unpaired) electrons. The number of benzene rings is 6. The highest BCUT2D eigenvalue weighted by molar-refractivity contribution is 6.25. The van der Waals surface area contributed by atoms with Gasteiger partial charge in [-0.15, -0.1) is 0 Å². The van der Waals surface area contributed by atoms with Gasteiger partial charge in [0.05, 0.1) is 11.2 Å². The van der Waals surface area contributed by atoms with Gasteiger partial charge >= 0.3 is 0 Å². The number of nitrogens with two attached hydrogens (primary N) is 1. The largest absolute Gasteiger partial charge is 0.398 e. The Morgan fingerprint density at radius 2 is 1.06 bits per heavy atom. The third-order valence-electron chi connectivity index (χ3n) is 7.00. The molecule has 6 aromatic carbocycles. The summed E-state index contributed by atoms with van der Waals surface area (Å²) in [6, 6.07) is 42.7. The van der Waals surface area contributed by atoms with Crippen LogP contribution in [0, 0.1) is 0 Å². The first-order valence-electron chi connectivity index (χ1n) is 11.9. The number of pyridine rings is 1. The lowest BCUT2D eigenvalue weighted by Crippen LogP contribution is -1.90. The quantitative estimate of drug-likeness (QED) is 0.213. The zero-order valence-corrected chi connectivity index (χ0v) is 19.1. The van der Waals surface area contributed by atoms with E-state index in [1.807, 2.05) is 18.2 Å². The maximum atomic E-state index is 6.20. The highest BCUT2D eigenvalue weighted by Gasteiger charge is 2.11. The Kier molecular flexibility index (Phi) is 4.33. The summed E-state index contributed by atoms with van der Waals surface area (Å²) in [4.78, 5) is 5.02. The topological polar surface area (TPSA) is 38.9 Å². The molecular weight excluding hydrogens is 424 g/mol. The minimum Gasteiger partial charge on any atom is -0.398 e. The Morgan fingerprint density at radius 3 is 1.77 bits per heavy atom. The van der Waals surface area contributed by atoms with Crippen LogP contribution in [0.5, 0.6) is 0 Å². The van der Waals surface area contributed by atoms with Crippen LogP contribution < -0.4 is 5.73 Å². The molecule has 164 valence electrons. The van der Waals surface area contributed by atoms with E-state index >= 15 is 0 Å². The normalized spacial score (nSPS) is 11.5. The predicted octanol–water partition coefficient (Wildman–Crippen LogP) is 8.61. The fraction of sp³-hybridized carbons (Fsp3) is 0. The van der Waals surface area contributed by atoms with E-state index in [2.05, 4.69) is 103 Å². The molecule has 7 aromatic rings. The van der Waals surface area contributed by atoms with Crippen LogP contribution in [0.15, 0.2) is 121 Å². The van der Waals surface area contributed by atoms with Crippen molar-refractivity contribution < 1.29 is 0 Å². The predicted molar refractivity (Wildman–Crippen MR) is 150 cm³/mol. The van der Waals surface area contributed by atoms with E-state index in [1.54, 1.807) is 0 Å². The van der Waals surface area contributed by atoms with Gasteiger partial charge in [0, 0.05) is 22.2 Å².